The maximum Gasteiger partial charge on any atom is 0.269 e. The van der Waals surface area contributed by atoms with E-state index in [0.29, 0.717) is 23.6 Å². The minimum atomic E-state index is -0.241. The lowest BCUT2D eigenvalue weighted by molar-refractivity contribution is 0.0945. The molecule has 110 valence electrons. The molecule has 0 unspecified atom stereocenters. The van der Waals surface area contributed by atoms with Crippen molar-refractivity contribution in [1.82, 2.24) is 30.5 Å². The predicted octanol–water partition coefficient (Wildman–Crippen LogP) is 1.50. The Kier molecular flexibility index (Phi) is 3.86. The van der Waals surface area contributed by atoms with E-state index < -0.39 is 0 Å². The Morgan fingerprint density at radius 2 is 2.05 bits per heavy atom. The zero-order valence-electron chi connectivity index (χ0n) is 11.9. The van der Waals surface area contributed by atoms with Crippen LogP contribution in [0.4, 0.5) is 0 Å². The van der Waals surface area contributed by atoms with Crippen LogP contribution in [-0.4, -0.2) is 31.1 Å². The van der Waals surface area contributed by atoms with E-state index in [2.05, 4.69) is 30.5 Å². The standard InChI is InChI=1S/C15H14N6O/c1-10-7-18-12(8-17-10)9-19-15(22)14-6-13(20-21-14)11-2-4-16-5-3-11/h2-8H,9H2,1H3,(H,19,22)(H,20,21). The Hall–Kier alpha value is -3.09. The van der Waals surface area contributed by atoms with Crippen LogP contribution in [0, 0.1) is 6.92 Å². The zero-order valence-corrected chi connectivity index (χ0v) is 11.9. The van der Waals surface area contributed by atoms with Gasteiger partial charge in [-0.2, -0.15) is 5.10 Å². The van der Waals surface area contributed by atoms with E-state index in [-0.39, 0.29) is 5.91 Å². The molecule has 3 rings (SSSR count). The van der Waals surface area contributed by atoms with Crippen molar-refractivity contribution in [2.24, 2.45) is 0 Å². The molecule has 0 fully saturated rings. The van der Waals surface area contributed by atoms with Crippen LogP contribution in [0.15, 0.2) is 43.0 Å². The summed E-state index contributed by atoms with van der Waals surface area (Å²) in [7, 11) is 0. The van der Waals surface area contributed by atoms with Gasteiger partial charge in [-0.15, -0.1) is 0 Å². The minimum Gasteiger partial charge on any atom is -0.345 e. The third-order valence-corrected chi connectivity index (χ3v) is 3.06. The molecule has 0 bridgehead atoms. The molecule has 0 saturated carbocycles. The average Bonchev–Trinajstić information content (AvgIpc) is 3.05. The van der Waals surface area contributed by atoms with Crippen LogP contribution in [0.5, 0.6) is 0 Å². The molecule has 3 aromatic rings. The number of aryl methyl sites for hydroxylation is 1. The number of carbonyl (C=O) groups excluding carboxylic acids is 1. The van der Waals surface area contributed by atoms with Crippen molar-refractivity contribution in [1.29, 1.82) is 0 Å². The molecule has 0 aliphatic heterocycles. The molecule has 0 aliphatic rings. The van der Waals surface area contributed by atoms with E-state index in [1.807, 2.05) is 19.1 Å². The van der Waals surface area contributed by atoms with Crippen molar-refractivity contribution in [2.45, 2.75) is 13.5 Å². The summed E-state index contributed by atoms with van der Waals surface area (Å²) in [5.74, 6) is -0.241. The Morgan fingerprint density at radius 3 is 2.77 bits per heavy atom. The maximum atomic E-state index is 12.1. The van der Waals surface area contributed by atoms with E-state index >= 15 is 0 Å². The van der Waals surface area contributed by atoms with Crippen LogP contribution in [0.2, 0.25) is 0 Å². The number of hydrogen-bond donors (Lipinski definition) is 2. The Morgan fingerprint density at radius 1 is 1.23 bits per heavy atom. The smallest absolute Gasteiger partial charge is 0.269 e. The first-order valence-electron chi connectivity index (χ1n) is 6.74. The van der Waals surface area contributed by atoms with Gasteiger partial charge in [0.15, 0.2) is 0 Å². The molecule has 3 aromatic heterocycles. The van der Waals surface area contributed by atoms with Crippen molar-refractivity contribution in [3.05, 3.63) is 60.1 Å². The van der Waals surface area contributed by atoms with E-state index in [1.54, 1.807) is 30.9 Å². The van der Waals surface area contributed by atoms with E-state index in [1.165, 1.54) is 0 Å². The van der Waals surface area contributed by atoms with Gasteiger partial charge in [-0.1, -0.05) is 0 Å². The number of pyridine rings is 1. The first-order valence-corrected chi connectivity index (χ1v) is 6.74. The Bertz CT molecular complexity index is 766. The van der Waals surface area contributed by atoms with Gasteiger partial charge in [0.05, 0.1) is 29.8 Å². The highest BCUT2D eigenvalue weighted by Crippen LogP contribution is 2.16. The second-order valence-electron chi connectivity index (χ2n) is 4.73. The molecule has 22 heavy (non-hydrogen) atoms. The van der Waals surface area contributed by atoms with Crippen LogP contribution in [0.25, 0.3) is 11.3 Å². The summed E-state index contributed by atoms with van der Waals surface area (Å²) in [5, 5.41) is 9.64. The summed E-state index contributed by atoms with van der Waals surface area (Å²) in [4.78, 5) is 24.4. The van der Waals surface area contributed by atoms with Crippen LogP contribution >= 0.6 is 0 Å². The van der Waals surface area contributed by atoms with Crippen LogP contribution in [0.3, 0.4) is 0 Å². The van der Waals surface area contributed by atoms with Crippen molar-refractivity contribution >= 4 is 5.91 Å². The fourth-order valence-corrected chi connectivity index (χ4v) is 1.89. The van der Waals surface area contributed by atoms with Crippen molar-refractivity contribution in [3.8, 4) is 11.3 Å². The number of hydrogen-bond acceptors (Lipinski definition) is 5. The number of H-pyrrole nitrogens is 1. The van der Waals surface area contributed by atoms with Gasteiger partial charge < -0.3 is 5.32 Å². The lowest BCUT2D eigenvalue weighted by Gasteiger charge is -2.02. The minimum absolute atomic E-state index is 0.241. The van der Waals surface area contributed by atoms with E-state index in [9.17, 15) is 4.79 Å². The van der Waals surface area contributed by atoms with Crippen molar-refractivity contribution < 1.29 is 4.79 Å². The molecule has 0 spiro atoms. The summed E-state index contributed by atoms with van der Waals surface area (Å²) in [6, 6.07) is 5.37. The van der Waals surface area contributed by atoms with Crippen molar-refractivity contribution in [3.63, 3.8) is 0 Å². The van der Waals surface area contributed by atoms with Crippen LogP contribution < -0.4 is 5.32 Å². The molecule has 0 aliphatic carbocycles. The van der Waals surface area contributed by atoms with Gasteiger partial charge in [0.1, 0.15) is 5.69 Å². The zero-order chi connectivity index (χ0) is 15.4. The normalized spacial score (nSPS) is 10.4. The van der Waals surface area contributed by atoms with Gasteiger partial charge in [0, 0.05) is 24.2 Å². The third kappa shape index (κ3) is 3.14. The number of aromatic amines is 1. The number of nitrogens with zero attached hydrogens (tertiary/aromatic N) is 4. The van der Waals surface area contributed by atoms with Crippen molar-refractivity contribution in [2.75, 3.05) is 0 Å². The molecule has 0 aromatic carbocycles. The molecule has 0 radical (unpaired) electrons. The number of amides is 1. The highest BCUT2D eigenvalue weighted by atomic mass is 16.1. The van der Waals surface area contributed by atoms with Crippen LogP contribution in [-0.2, 0) is 6.54 Å². The van der Waals surface area contributed by atoms with Crippen LogP contribution in [0.1, 0.15) is 21.9 Å². The Labute approximate surface area is 126 Å². The number of carbonyl (C=O) groups is 1. The topological polar surface area (TPSA) is 96.5 Å². The fourth-order valence-electron chi connectivity index (χ4n) is 1.89. The van der Waals surface area contributed by atoms with Gasteiger partial charge in [-0.3, -0.25) is 24.8 Å². The average molecular weight is 294 g/mol. The van der Waals surface area contributed by atoms with Gasteiger partial charge in [0.25, 0.3) is 5.91 Å². The first kappa shape index (κ1) is 13.9. The highest BCUT2D eigenvalue weighted by molar-refractivity contribution is 5.93. The molecule has 3 heterocycles. The second-order valence-corrected chi connectivity index (χ2v) is 4.73. The first-order chi connectivity index (χ1) is 10.7. The second kappa shape index (κ2) is 6.13. The Balaban J connectivity index is 1.66. The molecule has 7 nitrogen and oxygen atoms in total. The number of aromatic nitrogens is 5. The van der Waals surface area contributed by atoms with Gasteiger partial charge in [-0.05, 0) is 25.1 Å². The van der Waals surface area contributed by atoms with E-state index in [4.69, 9.17) is 0 Å². The summed E-state index contributed by atoms with van der Waals surface area (Å²) < 4.78 is 0. The quantitative estimate of drug-likeness (QED) is 0.760. The molecular weight excluding hydrogens is 280 g/mol. The molecule has 7 heteroatoms. The highest BCUT2D eigenvalue weighted by Gasteiger charge is 2.11. The predicted molar refractivity (Wildman–Crippen MR) is 79.8 cm³/mol. The fraction of sp³-hybridized carbons (Fsp3) is 0.133. The number of rotatable bonds is 4. The summed E-state index contributed by atoms with van der Waals surface area (Å²) in [5.41, 5.74) is 3.53. The largest absolute Gasteiger partial charge is 0.345 e. The van der Waals surface area contributed by atoms with E-state index in [0.717, 1.165) is 11.3 Å². The third-order valence-electron chi connectivity index (χ3n) is 3.06. The van der Waals surface area contributed by atoms with Gasteiger partial charge >= 0.3 is 0 Å². The molecule has 1 amide bonds. The monoisotopic (exact) mass is 294 g/mol. The molecule has 0 saturated heterocycles. The summed E-state index contributed by atoms with van der Waals surface area (Å²) >= 11 is 0. The maximum absolute atomic E-state index is 12.1. The van der Waals surface area contributed by atoms with Gasteiger partial charge in [0.2, 0.25) is 0 Å². The molecule has 2 N–H and O–H groups in total. The lowest BCUT2D eigenvalue weighted by atomic mass is 10.2. The molecule has 0 atom stereocenters. The summed E-state index contributed by atoms with van der Waals surface area (Å²) in [6.07, 6.45) is 6.67. The summed E-state index contributed by atoms with van der Waals surface area (Å²) in [6.45, 7) is 2.18. The molecular formula is C15H14N6O. The number of nitrogens with one attached hydrogen (secondary N) is 2. The lowest BCUT2D eigenvalue weighted by Crippen LogP contribution is -2.23. The SMILES string of the molecule is Cc1cnc(CNC(=O)c2cc(-c3ccncc3)n[nH]2)cn1. The van der Waals surface area contributed by atoms with Gasteiger partial charge in [-0.25, -0.2) is 0 Å².